The molecule has 3 aromatic rings. The highest BCUT2D eigenvalue weighted by Crippen LogP contribution is 2.61. The number of benzene rings is 2. The Morgan fingerprint density at radius 3 is 2.61 bits per heavy atom. The lowest BCUT2D eigenvalue weighted by molar-refractivity contribution is 0.687. The summed E-state index contributed by atoms with van der Waals surface area (Å²) in [4.78, 5) is 5.82. The van der Waals surface area contributed by atoms with E-state index in [0.29, 0.717) is 16.5 Å². The minimum atomic E-state index is 0.103. The van der Waals surface area contributed by atoms with Crippen LogP contribution in [-0.2, 0) is 19.3 Å². The van der Waals surface area contributed by atoms with Crippen molar-refractivity contribution in [3.8, 4) is 0 Å². The van der Waals surface area contributed by atoms with Gasteiger partial charge in [0.15, 0.2) is 0 Å². The van der Waals surface area contributed by atoms with Crippen molar-refractivity contribution < 1.29 is 0 Å². The molecule has 0 aliphatic heterocycles. The summed E-state index contributed by atoms with van der Waals surface area (Å²) in [5.74, 6) is 5.25. The quantitative estimate of drug-likeness (QED) is 0.227. The van der Waals surface area contributed by atoms with Crippen LogP contribution in [0.2, 0.25) is 5.15 Å². The van der Waals surface area contributed by atoms with Gasteiger partial charge in [-0.05, 0) is 138 Å². The van der Waals surface area contributed by atoms with Crippen LogP contribution in [0, 0.1) is 18.3 Å². The first-order valence-corrected chi connectivity index (χ1v) is 17.8. The van der Waals surface area contributed by atoms with Crippen LogP contribution in [-0.4, -0.2) is 16.1 Å². The van der Waals surface area contributed by atoms with Crippen LogP contribution in [0.15, 0.2) is 96.1 Å². The minimum Gasteiger partial charge on any atom is -0.405 e. The Morgan fingerprint density at radius 1 is 1.18 bits per heavy atom. The van der Waals surface area contributed by atoms with Crippen LogP contribution < -0.4 is 5.73 Å². The van der Waals surface area contributed by atoms with Gasteiger partial charge in [0.05, 0.1) is 5.52 Å². The molecule has 0 spiro atoms. The number of aryl methyl sites for hydroxylation is 3. The second-order valence-corrected chi connectivity index (χ2v) is 15.3. The largest absolute Gasteiger partial charge is 0.405 e. The number of fused-ring (bicyclic) bond motifs is 3. The summed E-state index contributed by atoms with van der Waals surface area (Å²) >= 11 is 5.99. The van der Waals surface area contributed by atoms with Crippen LogP contribution in [0.4, 0.5) is 0 Å². The minimum absolute atomic E-state index is 0.103. The topological polar surface area (TPSA) is 38.9 Å². The van der Waals surface area contributed by atoms with E-state index in [-0.39, 0.29) is 10.5 Å². The Morgan fingerprint density at radius 2 is 1.91 bits per heavy atom. The lowest BCUT2D eigenvalue weighted by Crippen LogP contribution is -2.05. The third kappa shape index (κ3) is 6.60. The monoisotopic (exact) mass is 622 g/mol. The van der Waals surface area contributed by atoms with E-state index in [1.807, 2.05) is 18.2 Å². The first kappa shape index (κ1) is 32.3. The summed E-state index contributed by atoms with van der Waals surface area (Å²) in [5, 5.41) is 2.58. The van der Waals surface area contributed by atoms with Crippen LogP contribution in [0.1, 0.15) is 74.3 Å². The number of halogens is 1. The van der Waals surface area contributed by atoms with E-state index in [2.05, 4.69) is 99.9 Å². The molecule has 1 aromatic heterocycles. The number of nitrogens with zero attached hydrogens (tertiary/aromatic N) is 1. The van der Waals surface area contributed by atoms with Gasteiger partial charge in [0.1, 0.15) is 5.15 Å². The van der Waals surface area contributed by atoms with Gasteiger partial charge in [-0.2, -0.15) is 10.5 Å². The van der Waals surface area contributed by atoms with Crippen molar-refractivity contribution in [2.75, 3.05) is 0 Å². The molecular formula is C40H47ClN2S. The van der Waals surface area contributed by atoms with Crippen LogP contribution >= 0.6 is 22.1 Å². The lowest BCUT2D eigenvalue weighted by Gasteiger charge is -2.24. The Balaban J connectivity index is 0.000000200. The number of pyridine rings is 1. The molecule has 2 nitrogen and oxygen atoms in total. The van der Waals surface area contributed by atoms with Gasteiger partial charge < -0.3 is 5.73 Å². The summed E-state index contributed by atoms with van der Waals surface area (Å²) in [6.07, 6.45) is 16.9. The Bertz CT molecular complexity index is 1720. The number of nitrogens with two attached hydrogens (primary N) is 1. The van der Waals surface area contributed by atoms with Gasteiger partial charge in [0.25, 0.3) is 0 Å². The zero-order valence-corrected chi connectivity index (χ0v) is 28.5. The molecule has 4 aliphatic carbocycles. The lowest BCUT2D eigenvalue weighted by atomic mass is 9.84. The fraction of sp³-hybridized carbons (Fsp3) is 0.350. The molecule has 1 heterocycles. The molecule has 7 rings (SSSR count). The van der Waals surface area contributed by atoms with Crippen molar-refractivity contribution >= 4 is 44.4 Å². The van der Waals surface area contributed by atoms with E-state index in [1.54, 1.807) is 11.1 Å². The number of para-hydroxylation sites is 1. The highest BCUT2D eigenvalue weighted by atomic mass is 35.5. The first-order valence-electron chi connectivity index (χ1n) is 15.9. The summed E-state index contributed by atoms with van der Waals surface area (Å²) in [6, 6.07) is 14.8. The summed E-state index contributed by atoms with van der Waals surface area (Å²) in [6.45, 7) is 16.9. The molecule has 0 amide bonds. The van der Waals surface area contributed by atoms with Gasteiger partial charge in [0, 0.05) is 10.6 Å². The van der Waals surface area contributed by atoms with Crippen molar-refractivity contribution in [2.45, 2.75) is 77.9 Å². The summed E-state index contributed by atoms with van der Waals surface area (Å²) < 4.78 is 0. The van der Waals surface area contributed by atoms with Gasteiger partial charge in [-0.1, -0.05) is 93.0 Å². The standard InChI is InChI=1S/C27H32S.C11H10ClN.C2H5N/c1-17-11-12-20-8-6-9-23(20)25(17)26(19(3)28(5)21-13-14-21)22-10-7-15-27(4)16-24(27)18(22)2;1-2-8-7-9-5-3-4-6-10(9)13-11(8)12;1-2-3/h7,10-12,15,21,24H,2,5-6,8-9,13-14,16H2,1,3-4H3;3-7H,2H2,1H3;2H,1,3H2/b26-19+;;. The number of hydrogen-bond acceptors (Lipinski definition) is 2. The molecule has 2 aromatic carbocycles. The molecule has 4 aliphatic rings. The zero-order valence-electron chi connectivity index (χ0n) is 26.9. The zero-order chi connectivity index (χ0) is 31.6. The fourth-order valence-electron chi connectivity index (χ4n) is 6.74. The number of aromatic nitrogens is 1. The maximum Gasteiger partial charge on any atom is 0.132 e. The Hall–Kier alpha value is -3.14. The van der Waals surface area contributed by atoms with E-state index in [9.17, 15) is 0 Å². The van der Waals surface area contributed by atoms with Crippen molar-refractivity contribution in [3.63, 3.8) is 0 Å². The number of allylic oxidation sites excluding steroid dienone is 7. The highest BCUT2D eigenvalue weighted by molar-refractivity contribution is 8.18. The number of rotatable bonds is 5. The van der Waals surface area contributed by atoms with E-state index < -0.39 is 0 Å². The molecule has 3 atom stereocenters. The normalized spacial score (nSPS) is 22.6. The van der Waals surface area contributed by atoms with Gasteiger partial charge in [0.2, 0.25) is 0 Å². The molecular weight excluding hydrogens is 576 g/mol. The molecule has 0 radical (unpaired) electrons. The van der Waals surface area contributed by atoms with Crippen LogP contribution in [0.5, 0.6) is 0 Å². The SMILES string of the molecule is C=C1C(/C(=C(/C)S(=C)C2CC2)c2c(C)ccc3c2CCC3)=CC=CC2(C)CC12.C=CN.CCc1cc2ccccc2nc1Cl. The number of hydrogen-bond donors (Lipinski definition) is 1. The van der Waals surface area contributed by atoms with Crippen molar-refractivity contribution in [1.29, 1.82) is 0 Å². The Labute approximate surface area is 272 Å². The van der Waals surface area contributed by atoms with Crippen molar-refractivity contribution in [1.82, 2.24) is 4.98 Å². The van der Waals surface area contributed by atoms with Crippen molar-refractivity contribution in [3.05, 3.63) is 129 Å². The second-order valence-electron chi connectivity index (χ2n) is 12.8. The van der Waals surface area contributed by atoms with Crippen molar-refractivity contribution in [2.24, 2.45) is 17.1 Å². The molecule has 0 bridgehead atoms. The van der Waals surface area contributed by atoms with Gasteiger partial charge in [-0.25, -0.2) is 4.98 Å². The molecule has 0 saturated heterocycles. The van der Waals surface area contributed by atoms with E-state index in [4.69, 9.17) is 11.6 Å². The van der Waals surface area contributed by atoms with Gasteiger partial charge in [-0.15, -0.1) is 0 Å². The Kier molecular flexibility index (Phi) is 9.87. The molecule has 2 saturated carbocycles. The summed E-state index contributed by atoms with van der Waals surface area (Å²) in [5.41, 5.74) is 17.3. The molecule has 230 valence electrons. The third-order valence-corrected chi connectivity index (χ3v) is 12.2. The second kappa shape index (κ2) is 13.5. The predicted octanol–water partition coefficient (Wildman–Crippen LogP) is 10.7. The third-order valence-electron chi connectivity index (χ3n) is 9.60. The van der Waals surface area contributed by atoms with Crippen LogP contribution in [0.3, 0.4) is 0 Å². The first-order chi connectivity index (χ1) is 21.1. The highest BCUT2D eigenvalue weighted by Gasteiger charge is 2.51. The maximum atomic E-state index is 5.99. The smallest absolute Gasteiger partial charge is 0.132 e. The molecule has 3 unspecified atom stereocenters. The molecule has 2 fully saturated rings. The maximum absolute atomic E-state index is 5.99. The van der Waals surface area contributed by atoms with Gasteiger partial charge >= 0.3 is 0 Å². The van der Waals surface area contributed by atoms with Gasteiger partial charge in [-0.3, -0.25) is 0 Å². The molecule has 4 heteroatoms. The molecule has 44 heavy (non-hydrogen) atoms. The average Bonchev–Trinajstić information content (AvgIpc) is 3.93. The molecule has 2 N–H and O–H groups in total. The summed E-state index contributed by atoms with van der Waals surface area (Å²) in [7, 11) is 0.103. The van der Waals surface area contributed by atoms with E-state index in [0.717, 1.165) is 28.1 Å². The average molecular weight is 623 g/mol. The van der Waals surface area contributed by atoms with E-state index >= 15 is 0 Å². The predicted molar refractivity (Wildman–Crippen MR) is 197 cm³/mol. The van der Waals surface area contributed by atoms with E-state index in [1.165, 1.54) is 77.5 Å². The van der Waals surface area contributed by atoms with Crippen LogP contribution in [0.25, 0.3) is 16.5 Å². The fourth-order valence-corrected chi connectivity index (χ4v) is 8.70.